The second-order valence-corrected chi connectivity index (χ2v) is 4.35. The third-order valence-electron chi connectivity index (χ3n) is 3.13. The van der Waals surface area contributed by atoms with Gasteiger partial charge < -0.3 is 10.2 Å². The molecule has 0 saturated heterocycles. The molecule has 5 heteroatoms. The summed E-state index contributed by atoms with van der Waals surface area (Å²) in [6, 6.07) is 8.21. The molecule has 0 aliphatic carbocycles. The van der Waals surface area contributed by atoms with Gasteiger partial charge in [-0.2, -0.15) is 0 Å². The van der Waals surface area contributed by atoms with Gasteiger partial charge in [-0.1, -0.05) is 25.1 Å². The van der Waals surface area contributed by atoms with E-state index in [0.717, 1.165) is 17.7 Å². The van der Waals surface area contributed by atoms with Crippen LogP contribution in [0.2, 0.25) is 0 Å². The summed E-state index contributed by atoms with van der Waals surface area (Å²) in [4.78, 5) is 10.6. The zero-order chi connectivity index (χ0) is 13.8. The van der Waals surface area contributed by atoms with Crippen LogP contribution in [0.15, 0.2) is 41.0 Å². The second-order valence-electron chi connectivity index (χ2n) is 4.35. The smallest absolute Gasteiger partial charge is 0.272 e. The number of para-hydroxylation sites is 1. The van der Waals surface area contributed by atoms with E-state index >= 15 is 0 Å². The average Bonchev–Trinajstić information content (AvgIpc) is 2.87. The molecule has 19 heavy (non-hydrogen) atoms. The Morgan fingerprint density at radius 3 is 2.79 bits per heavy atom. The quantitative estimate of drug-likeness (QED) is 0.661. The van der Waals surface area contributed by atoms with E-state index in [2.05, 4.69) is 0 Å². The van der Waals surface area contributed by atoms with E-state index in [-0.39, 0.29) is 16.7 Å². The summed E-state index contributed by atoms with van der Waals surface area (Å²) in [5.41, 5.74) is 7.80. The fourth-order valence-electron chi connectivity index (χ4n) is 2.18. The topological polar surface area (TPSA) is 82.3 Å². The van der Waals surface area contributed by atoms with Crippen LogP contribution in [0.4, 0.5) is 5.69 Å². The van der Waals surface area contributed by atoms with Crippen LogP contribution < -0.4 is 5.73 Å². The summed E-state index contributed by atoms with van der Waals surface area (Å²) in [5, 5.41) is 11.0. The maximum absolute atomic E-state index is 11.0. The SMILES string of the molecule is CCc1occc1C(N)Cc1ccccc1[N+](=O)[O-]. The number of rotatable bonds is 5. The normalized spacial score (nSPS) is 12.3. The molecular formula is C14H16N2O3. The number of hydrogen-bond donors (Lipinski definition) is 1. The summed E-state index contributed by atoms with van der Waals surface area (Å²) < 4.78 is 5.34. The van der Waals surface area contributed by atoms with E-state index in [4.69, 9.17) is 10.2 Å². The van der Waals surface area contributed by atoms with Crippen molar-refractivity contribution in [2.75, 3.05) is 0 Å². The predicted molar refractivity (Wildman–Crippen MR) is 71.8 cm³/mol. The van der Waals surface area contributed by atoms with Gasteiger partial charge in [0.1, 0.15) is 5.76 Å². The monoisotopic (exact) mass is 260 g/mol. The fourth-order valence-corrected chi connectivity index (χ4v) is 2.18. The maximum atomic E-state index is 11.0. The molecule has 0 saturated carbocycles. The van der Waals surface area contributed by atoms with Gasteiger partial charge in [0.15, 0.2) is 0 Å². The number of nitro benzene ring substituents is 1. The summed E-state index contributed by atoms with van der Waals surface area (Å²) in [5.74, 6) is 0.839. The van der Waals surface area contributed by atoms with Crippen LogP contribution >= 0.6 is 0 Å². The molecule has 1 heterocycles. The molecule has 1 aromatic heterocycles. The first-order chi connectivity index (χ1) is 9.13. The van der Waals surface area contributed by atoms with E-state index in [9.17, 15) is 10.1 Å². The van der Waals surface area contributed by atoms with Gasteiger partial charge in [-0.25, -0.2) is 0 Å². The Hall–Kier alpha value is -2.14. The highest BCUT2D eigenvalue weighted by Gasteiger charge is 2.18. The molecule has 0 radical (unpaired) electrons. The Bertz CT molecular complexity index is 578. The van der Waals surface area contributed by atoms with Crippen molar-refractivity contribution in [2.45, 2.75) is 25.8 Å². The molecule has 2 aromatic rings. The maximum Gasteiger partial charge on any atom is 0.272 e. The van der Waals surface area contributed by atoms with E-state index in [0.29, 0.717) is 12.0 Å². The van der Waals surface area contributed by atoms with Gasteiger partial charge in [0.25, 0.3) is 5.69 Å². The number of furan rings is 1. The Labute approximate surface area is 111 Å². The van der Waals surface area contributed by atoms with Gasteiger partial charge in [-0.05, 0) is 12.5 Å². The molecule has 0 fully saturated rings. The Kier molecular flexibility index (Phi) is 3.97. The minimum absolute atomic E-state index is 0.111. The summed E-state index contributed by atoms with van der Waals surface area (Å²) in [6.07, 6.45) is 2.78. The number of aryl methyl sites for hydroxylation is 1. The number of nitrogens with zero attached hydrogens (tertiary/aromatic N) is 1. The molecule has 0 aliphatic rings. The number of nitro groups is 1. The van der Waals surface area contributed by atoms with Gasteiger partial charge in [0.2, 0.25) is 0 Å². The van der Waals surface area contributed by atoms with Crippen molar-refractivity contribution in [1.82, 2.24) is 0 Å². The number of nitrogens with two attached hydrogens (primary N) is 1. The van der Waals surface area contributed by atoms with E-state index < -0.39 is 0 Å². The predicted octanol–water partition coefficient (Wildman–Crippen LogP) is 2.99. The van der Waals surface area contributed by atoms with Crippen LogP contribution in [0.1, 0.15) is 29.9 Å². The van der Waals surface area contributed by atoms with Crippen LogP contribution in [0, 0.1) is 10.1 Å². The highest BCUT2D eigenvalue weighted by Crippen LogP contribution is 2.26. The van der Waals surface area contributed by atoms with Crippen molar-refractivity contribution >= 4 is 5.69 Å². The number of hydrogen-bond acceptors (Lipinski definition) is 4. The zero-order valence-corrected chi connectivity index (χ0v) is 10.7. The van der Waals surface area contributed by atoms with Crippen LogP contribution in [-0.2, 0) is 12.8 Å². The van der Waals surface area contributed by atoms with Crippen molar-refractivity contribution in [1.29, 1.82) is 0 Å². The third kappa shape index (κ3) is 2.82. The first-order valence-electron chi connectivity index (χ1n) is 6.17. The lowest BCUT2D eigenvalue weighted by molar-refractivity contribution is -0.385. The lowest BCUT2D eigenvalue weighted by Crippen LogP contribution is -2.15. The summed E-state index contributed by atoms with van der Waals surface area (Å²) in [7, 11) is 0. The van der Waals surface area contributed by atoms with Crippen LogP contribution in [0.25, 0.3) is 0 Å². The molecular weight excluding hydrogens is 244 g/mol. The number of benzene rings is 1. The standard InChI is InChI=1S/C14H16N2O3/c1-2-14-11(7-8-19-14)12(15)9-10-5-3-4-6-13(10)16(17)18/h3-8,12H,2,9,15H2,1H3. The highest BCUT2D eigenvalue weighted by atomic mass is 16.6. The fraction of sp³-hybridized carbons (Fsp3) is 0.286. The molecule has 5 nitrogen and oxygen atoms in total. The molecule has 0 aliphatic heterocycles. The first kappa shape index (κ1) is 13.3. The minimum atomic E-state index is -0.377. The van der Waals surface area contributed by atoms with Gasteiger partial charge in [-0.15, -0.1) is 0 Å². The Morgan fingerprint density at radius 1 is 1.37 bits per heavy atom. The van der Waals surface area contributed by atoms with Crippen LogP contribution in [0.5, 0.6) is 0 Å². The van der Waals surface area contributed by atoms with Gasteiger partial charge in [0.05, 0.1) is 11.2 Å². The zero-order valence-electron chi connectivity index (χ0n) is 10.7. The van der Waals surface area contributed by atoms with Crippen LogP contribution in [0.3, 0.4) is 0 Å². The summed E-state index contributed by atoms with van der Waals surface area (Å²) in [6.45, 7) is 1.99. The van der Waals surface area contributed by atoms with E-state index in [1.807, 2.05) is 13.0 Å². The van der Waals surface area contributed by atoms with Crippen molar-refractivity contribution in [3.05, 3.63) is 63.6 Å². The van der Waals surface area contributed by atoms with Gasteiger partial charge in [-0.3, -0.25) is 10.1 Å². The third-order valence-corrected chi connectivity index (χ3v) is 3.13. The molecule has 1 aromatic carbocycles. The molecule has 100 valence electrons. The minimum Gasteiger partial charge on any atom is -0.469 e. The van der Waals surface area contributed by atoms with Crippen LogP contribution in [-0.4, -0.2) is 4.92 Å². The van der Waals surface area contributed by atoms with E-state index in [1.54, 1.807) is 24.5 Å². The van der Waals surface area contributed by atoms with Crippen molar-refractivity contribution < 1.29 is 9.34 Å². The van der Waals surface area contributed by atoms with Gasteiger partial charge in [0, 0.05) is 29.7 Å². The molecule has 0 amide bonds. The average molecular weight is 260 g/mol. The molecule has 1 atom stereocenters. The molecule has 0 bridgehead atoms. The molecule has 2 N–H and O–H groups in total. The molecule has 1 unspecified atom stereocenters. The second kappa shape index (κ2) is 5.67. The molecule has 0 spiro atoms. The highest BCUT2D eigenvalue weighted by molar-refractivity contribution is 5.41. The van der Waals surface area contributed by atoms with Crippen molar-refractivity contribution in [3.63, 3.8) is 0 Å². The van der Waals surface area contributed by atoms with Crippen molar-refractivity contribution in [3.8, 4) is 0 Å². The Balaban J connectivity index is 2.24. The van der Waals surface area contributed by atoms with E-state index in [1.165, 1.54) is 6.07 Å². The van der Waals surface area contributed by atoms with Crippen molar-refractivity contribution in [2.24, 2.45) is 5.73 Å². The van der Waals surface area contributed by atoms with Gasteiger partial charge >= 0.3 is 0 Å². The molecule has 2 rings (SSSR count). The first-order valence-corrected chi connectivity index (χ1v) is 6.17. The lowest BCUT2D eigenvalue weighted by Gasteiger charge is -2.11. The summed E-state index contributed by atoms with van der Waals surface area (Å²) >= 11 is 0. The Morgan fingerprint density at radius 2 is 2.11 bits per heavy atom. The lowest BCUT2D eigenvalue weighted by atomic mass is 9.98. The largest absolute Gasteiger partial charge is 0.469 e.